The molecule has 0 bridgehead atoms. The normalized spacial score (nSPS) is 15.3. The Morgan fingerprint density at radius 1 is 1.00 bits per heavy atom. The van der Waals surface area contributed by atoms with E-state index in [-0.39, 0.29) is 16.4 Å². The maximum absolute atomic E-state index is 13.4. The van der Waals surface area contributed by atoms with Crippen LogP contribution in [0.2, 0.25) is 0 Å². The summed E-state index contributed by atoms with van der Waals surface area (Å²) in [6.45, 7) is 1.46. The summed E-state index contributed by atoms with van der Waals surface area (Å²) in [5.74, 6) is -0.263. The van der Waals surface area contributed by atoms with Crippen molar-refractivity contribution in [3.8, 4) is 11.5 Å². The summed E-state index contributed by atoms with van der Waals surface area (Å²) < 4.78 is 68.1. The molecule has 1 fully saturated rings. The maximum atomic E-state index is 13.4. The Morgan fingerprint density at radius 2 is 1.62 bits per heavy atom. The topological polar surface area (TPSA) is 72.6 Å². The van der Waals surface area contributed by atoms with Crippen molar-refractivity contribution in [1.29, 1.82) is 0 Å². The summed E-state index contributed by atoms with van der Waals surface area (Å²) in [6, 6.07) is 8.83. The van der Waals surface area contributed by atoms with E-state index in [9.17, 15) is 21.6 Å². The van der Waals surface area contributed by atoms with Gasteiger partial charge in [0.2, 0.25) is 10.0 Å². The van der Waals surface area contributed by atoms with Gasteiger partial charge in [0.05, 0.1) is 4.90 Å². The van der Waals surface area contributed by atoms with Crippen LogP contribution < -0.4 is 14.8 Å². The maximum Gasteiger partial charge on any atom is 0.420 e. The molecule has 2 N–H and O–H groups in total. The molecule has 9 heteroatoms. The van der Waals surface area contributed by atoms with Gasteiger partial charge in [-0.25, -0.2) is 13.6 Å². The van der Waals surface area contributed by atoms with Crippen LogP contribution in [0, 0.1) is 0 Å². The van der Waals surface area contributed by atoms with E-state index >= 15 is 0 Å². The lowest BCUT2D eigenvalue weighted by molar-refractivity contribution is -0.138. The van der Waals surface area contributed by atoms with E-state index in [2.05, 4.69) is 0 Å². The lowest BCUT2D eigenvalue weighted by atomic mass is 10.1. The van der Waals surface area contributed by atoms with Crippen molar-refractivity contribution >= 4 is 15.7 Å². The van der Waals surface area contributed by atoms with Crippen LogP contribution in [0.15, 0.2) is 47.4 Å². The van der Waals surface area contributed by atoms with E-state index < -0.39 is 21.8 Å². The molecule has 26 heavy (non-hydrogen) atoms. The van der Waals surface area contributed by atoms with E-state index in [1.807, 2.05) is 4.90 Å². The second kappa shape index (κ2) is 6.81. The number of hydrogen-bond donors (Lipinski definition) is 1. The highest BCUT2D eigenvalue weighted by atomic mass is 32.2. The second-order valence-electron chi connectivity index (χ2n) is 5.99. The van der Waals surface area contributed by atoms with Gasteiger partial charge in [-0.2, -0.15) is 13.2 Å². The number of nitrogens with zero attached hydrogens (tertiary/aromatic N) is 1. The molecule has 0 atom stereocenters. The number of halogens is 3. The number of hydrogen-bond acceptors (Lipinski definition) is 4. The number of anilines is 1. The van der Waals surface area contributed by atoms with E-state index in [0.717, 1.165) is 32.0 Å². The molecular weight excluding hydrogens is 369 g/mol. The smallest absolute Gasteiger partial charge is 0.420 e. The van der Waals surface area contributed by atoms with Crippen molar-refractivity contribution < 1.29 is 26.3 Å². The first kappa shape index (κ1) is 18.5. The zero-order chi connectivity index (χ0) is 18.9. The third kappa shape index (κ3) is 4.10. The Kier molecular flexibility index (Phi) is 4.85. The molecule has 1 aliphatic heterocycles. The molecule has 2 aromatic carbocycles. The molecule has 1 saturated heterocycles. The highest BCUT2D eigenvalue weighted by molar-refractivity contribution is 7.89. The summed E-state index contributed by atoms with van der Waals surface area (Å²) in [7, 11) is -3.88. The molecule has 140 valence electrons. The molecule has 0 aromatic heterocycles. The van der Waals surface area contributed by atoms with Gasteiger partial charge in [0, 0.05) is 18.8 Å². The molecule has 5 nitrogen and oxygen atoms in total. The first-order valence-corrected chi connectivity index (χ1v) is 9.46. The fraction of sp³-hybridized carbons (Fsp3) is 0.294. The predicted octanol–water partition coefficient (Wildman–Crippen LogP) is 3.75. The molecule has 3 rings (SSSR count). The monoisotopic (exact) mass is 386 g/mol. The number of benzene rings is 2. The quantitative estimate of drug-likeness (QED) is 0.869. The van der Waals surface area contributed by atoms with Crippen LogP contribution in [0.4, 0.5) is 18.9 Å². The van der Waals surface area contributed by atoms with Gasteiger partial charge in [0.15, 0.2) is 0 Å². The number of rotatable bonds is 4. The van der Waals surface area contributed by atoms with Crippen molar-refractivity contribution in [1.82, 2.24) is 0 Å². The van der Waals surface area contributed by atoms with Crippen LogP contribution in [0.25, 0.3) is 0 Å². The molecule has 1 heterocycles. The Balaban J connectivity index is 1.91. The number of ether oxygens (including phenoxy) is 1. The summed E-state index contributed by atoms with van der Waals surface area (Å²) in [4.78, 5) is 1.75. The minimum Gasteiger partial charge on any atom is -0.457 e. The standard InChI is InChI=1S/C17H17F3N2O3S/c18-17(19,20)15-11-12(22-9-1-2-10-22)3-8-16(15)25-13-4-6-14(7-5-13)26(21,23)24/h3-8,11H,1-2,9-10H2,(H2,21,23,24). The van der Waals surface area contributed by atoms with Crippen LogP contribution in [0.1, 0.15) is 18.4 Å². The minimum absolute atomic E-state index is 0.0804. The van der Waals surface area contributed by atoms with Gasteiger partial charge in [0.1, 0.15) is 17.1 Å². The highest BCUT2D eigenvalue weighted by Gasteiger charge is 2.35. The van der Waals surface area contributed by atoms with Gasteiger partial charge in [-0.1, -0.05) is 0 Å². The summed E-state index contributed by atoms with van der Waals surface area (Å²) >= 11 is 0. The van der Waals surface area contributed by atoms with Gasteiger partial charge in [0.25, 0.3) is 0 Å². The lowest BCUT2D eigenvalue weighted by Gasteiger charge is -2.21. The molecule has 0 amide bonds. The Bertz CT molecular complexity index is 890. The molecule has 0 unspecified atom stereocenters. The van der Waals surface area contributed by atoms with Gasteiger partial charge in [-0.05, 0) is 55.3 Å². The van der Waals surface area contributed by atoms with Crippen LogP contribution in [-0.4, -0.2) is 21.5 Å². The van der Waals surface area contributed by atoms with Gasteiger partial charge in [-0.3, -0.25) is 0 Å². The summed E-state index contributed by atoms with van der Waals surface area (Å²) in [6.07, 6.45) is -2.67. The molecule has 2 aromatic rings. The van der Waals surface area contributed by atoms with Crippen LogP contribution >= 0.6 is 0 Å². The average molecular weight is 386 g/mol. The largest absolute Gasteiger partial charge is 0.457 e. The van der Waals surface area contributed by atoms with Crippen molar-refractivity contribution in [2.24, 2.45) is 5.14 Å². The fourth-order valence-electron chi connectivity index (χ4n) is 2.82. The van der Waals surface area contributed by atoms with Crippen molar-refractivity contribution in [2.75, 3.05) is 18.0 Å². The SMILES string of the molecule is NS(=O)(=O)c1ccc(Oc2ccc(N3CCCC3)cc2C(F)(F)F)cc1. The van der Waals surface area contributed by atoms with Gasteiger partial charge >= 0.3 is 6.18 Å². The summed E-state index contributed by atoms with van der Waals surface area (Å²) in [5.41, 5.74) is -0.371. The van der Waals surface area contributed by atoms with Crippen LogP contribution in [0.3, 0.4) is 0 Å². The Morgan fingerprint density at radius 3 is 2.15 bits per heavy atom. The van der Waals surface area contributed by atoms with Crippen LogP contribution in [0.5, 0.6) is 11.5 Å². The van der Waals surface area contributed by atoms with Gasteiger partial charge in [-0.15, -0.1) is 0 Å². The lowest BCUT2D eigenvalue weighted by Crippen LogP contribution is -2.18. The van der Waals surface area contributed by atoms with E-state index in [4.69, 9.17) is 9.88 Å². The van der Waals surface area contributed by atoms with E-state index in [1.165, 1.54) is 30.3 Å². The zero-order valence-corrected chi connectivity index (χ0v) is 14.5. The Hall–Kier alpha value is -2.26. The molecule has 1 aliphatic rings. The number of nitrogens with two attached hydrogens (primary N) is 1. The second-order valence-corrected chi connectivity index (χ2v) is 7.55. The molecular formula is C17H17F3N2O3S. The molecule has 0 aliphatic carbocycles. The minimum atomic E-state index is -4.58. The first-order chi connectivity index (χ1) is 12.1. The zero-order valence-electron chi connectivity index (χ0n) is 13.7. The third-order valence-electron chi connectivity index (χ3n) is 4.12. The van der Waals surface area contributed by atoms with Crippen molar-refractivity contribution in [3.63, 3.8) is 0 Å². The molecule has 0 radical (unpaired) electrons. The average Bonchev–Trinajstić information content (AvgIpc) is 3.08. The third-order valence-corrected chi connectivity index (χ3v) is 5.05. The number of alkyl halides is 3. The van der Waals surface area contributed by atoms with Gasteiger partial charge < -0.3 is 9.64 Å². The predicted molar refractivity (Wildman–Crippen MR) is 90.8 cm³/mol. The summed E-state index contributed by atoms with van der Waals surface area (Å²) in [5, 5.41) is 4.99. The number of sulfonamides is 1. The molecule has 0 saturated carbocycles. The first-order valence-electron chi connectivity index (χ1n) is 7.91. The van der Waals surface area contributed by atoms with Crippen LogP contribution in [-0.2, 0) is 16.2 Å². The Labute approximate surface area is 149 Å². The highest BCUT2D eigenvalue weighted by Crippen LogP contribution is 2.40. The van der Waals surface area contributed by atoms with Crippen molar-refractivity contribution in [3.05, 3.63) is 48.0 Å². The molecule has 0 spiro atoms. The van der Waals surface area contributed by atoms with E-state index in [0.29, 0.717) is 5.69 Å². The van der Waals surface area contributed by atoms with Crippen molar-refractivity contribution in [2.45, 2.75) is 23.9 Å². The fourth-order valence-corrected chi connectivity index (χ4v) is 3.34. The number of primary sulfonamides is 1. The van der Waals surface area contributed by atoms with E-state index in [1.54, 1.807) is 6.07 Å².